The van der Waals surface area contributed by atoms with Crippen molar-refractivity contribution in [2.75, 3.05) is 22.4 Å². The van der Waals surface area contributed by atoms with Crippen molar-refractivity contribution < 1.29 is 27.7 Å². The van der Waals surface area contributed by atoms with Crippen molar-refractivity contribution in [2.45, 2.75) is 19.4 Å². The fourth-order valence-electron chi connectivity index (χ4n) is 3.08. The molecule has 10 nitrogen and oxygen atoms in total. The van der Waals surface area contributed by atoms with Gasteiger partial charge in [-0.1, -0.05) is 11.6 Å². The highest BCUT2D eigenvalue weighted by molar-refractivity contribution is 7.92. The van der Waals surface area contributed by atoms with Crippen molar-refractivity contribution in [1.29, 1.82) is 0 Å². The topological polar surface area (TPSA) is 136 Å². The van der Waals surface area contributed by atoms with Crippen LogP contribution < -0.4 is 9.62 Å². The van der Waals surface area contributed by atoms with Crippen LogP contribution in [0.5, 0.6) is 0 Å². The predicted octanol–water partition coefficient (Wildman–Crippen LogP) is 2.75. The first kappa shape index (κ1) is 22.5. The number of benzene rings is 2. The molecule has 0 saturated heterocycles. The molecule has 2 aromatic carbocycles. The lowest BCUT2D eigenvalue weighted by atomic mass is 10.1. The summed E-state index contributed by atoms with van der Waals surface area (Å²) in [6.07, 6.45) is 0.340. The Labute approximate surface area is 183 Å². The maximum Gasteiger partial charge on any atom is 0.338 e. The molecule has 0 aromatic heterocycles. The van der Waals surface area contributed by atoms with Crippen LogP contribution in [0, 0.1) is 10.1 Å². The first-order chi connectivity index (χ1) is 14.5. The molecule has 1 aliphatic rings. The molecule has 3 rings (SSSR count). The molecule has 12 heteroatoms. The number of carbonyl (C=O) groups excluding carboxylic acids is 2. The molecular formula is C19H18ClN3O7S. The van der Waals surface area contributed by atoms with Crippen LogP contribution in [-0.4, -0.2) is 44.1 Å². The van der Waals surface area contributed by atoms with E-state index in [2.05, 4.69) is 5.32 Å². The molecule has 0 saturated carbocycles. The fraction of sp³-hybridized carbons (Fsp3) is 0.263. The normalized spacial score (nSPS) is 14.0. The number of carbonyl (C=O) groups is 2. The Hall–Kier alpha value is -3.18. The van der Waals surface area contributed by atoms with Crippen molar-refractivity contribution >= 4 is 50.6 Å². The lowest BCUT2D eigenvalue weighted by molar-refractivity contribution is -0.384. The van der Waals surface area contributed by atoms with Crippen LogP contribution in [-0.2, 0) is 26.0 Å². The zero-order chi connectivity index (χ0) is 22.9. The molecule has 0 fully saturated rings. The molecule has 164 valence electrons. The molecule has 2 aromatic rings. The predicted molar refractivity (Wildman–Crippen MR) is 114 cm³/mol. The average molecular weight is 468 g/mol. The minimum Gasteiger partial charge on any atom is -0.449 e. The number of anilines is 2. The van der Waals surface area contributed by atoms with Gasteiger partial charge in [0.2, 0.25) is 10.0 Å². The Morgan fingerprint density at radius 2 is 1.97 bits per heavy atom. The van der Waals surface area contributed by atoms with Gasteiger partial charge in [-0.3, -0.25) is 19.2 Å². The number of amides is 1. The van der Waals surface area contributed by atoms with Crippen molar-refractivity contribution in [3.63, 3.8) is 0 Å². The summed E-state index contributed by atoms with van der Waals surface area (Å²) >= 11 is 5.96. The number of esters is 1. The third-order valence-electron chi connectivity index (χ3n) is 4.64. The number of halogens is 1. The number of ether oxygens (including phenoxy) is 1. The molecule has 0 spiro atoms. The number of nitrogens with one attached hydrogen (secondary N) is 1. The highest BCUT2D eigenvalue weighted by Gasteiger charge is 2.28. The number of rotatable bonds is 6. The largest absolute Gasteiger partial charge is 0.449 e. The van der Waals surface area contributed by atoms with E-state index in [1.807, 2.05) is 0 Å². The first-order valence-electron chi connectivity index (χ1n) is 9.04. The third-order valence-corrected chi connectivity index (χ3v) is 6.15. The molecule has 1 amide bonds. The van der Waals surface area contributed by atoms with E-state index in [0.29, 0.717) is 17.7 Å². The minimum atomic E-state index is -3.41. The van der Waals surface area contributed by atoms with Crippen molar-refractivity contribution in [3.8, 4) is 0 Å². The van der Waals surface area contributed by atoms with Gasteiger partial charge >= 0.3 is 5.97 Å². The number of nitro benzene ring substituents is 1. The van der Waals surface area contributed by atoms with Gasteiger partial charge in [-0.05, 0) is 43.2 Å². The van der Waals surface area contributed by atoms with Gasteiger partial charge in [-0.25, -0.2) is 13.2 Å². The maximum absolute atomic E-state index is 12.5. The molecule has 0 bridgehead atoms. The first-order valence-corrected chi connectivity index (χ1v) is 11.3. The lowest BCUT2D eigenvalue weighted by Crippen LogP contribution is -2.30. The van der Waals surface area contributed by atoms with Gasteiger partial charge in [0.15, 0.2) is 6.10 Å². The molecule has 1 aliphatic heterocycles. The van der Waals surface area contributed by atoms with Crippen molar-refractivity contribution in [3.05, 3.63) is 62.7 Å². The quantitative estimate of drug-likeness (QED) is 0.392. The summed E-state index contributed by atoms with van der Waals surface area (Å²) in [6.45, 7) is 1.63. The van der Waals surface area contributed by atoms with Gasteiger partial charge in [0.1, 0.15) is 0 Å². The SMILES string of the molecule is CC(OC(=O)c1ccc2c(c1)CCN2S(C)(=O)=O)C(=O)Nc1cc([N+](=O)[O-])ccc1Cl. The highest BCUT2D eigenvalue weighted by Crippen LogP contribution is 2.31. The van der Waals surface area contributed by atoms with Gasteiger partial charge < -0.3 is 10.1 Å². The number of sulfonamides is 1. The van der Waals surface area contributed by atoms with Gasteiger partial charge in [0, 0.05) is 18.7 Å². The second-order valence-corrected chi connectivity index (χ2v) is 9.20. The van der Waals surface area contributed by atoms with E-state index >= 15 is 0 Å². The maximum atomic E-state index is 12.5. The zero-order valence-corrected chi connectivity index (χ0v) is 18.1. The summed E-state index contributed by atoms with van der Waals surface area (Å²) in [5, 5.41) is 13.4. The van der Waals surface area contributed by atoms with E-state index < -0.39 is 32.9 Å². The second kappa shape index (κ2) is 8.52. The number of non-ortho nitro benzene ring substituents is 1. The average Bonchev–Trinajstić information content (AvgIpc) is 3.13. The Balaban J connectivity index is 1.69. The van der Waals surface area contributed by atoms with Gasteiger partial charge in [0.05, 0.1) is 33.1 Å². The summed E-state index contributed by atoms with van der Waals surface area (Å²) in [5.41, 5.74) is 1.11. The molecule has 31 heavy (non-hydrogen) atoms. The number of fused-ring (bicyclic) bond motifs is 1. The van der Waals surface area contributed by atoms with E-state index in [4.69, 9.17) is 16.3 Å². The van der Waals surface area contributed by atoms with E-state index in [1.165, 1.54) is 41.6 Å². The number of nitro groups is 1. The van der Waals surface area contributed by atoms with Crippen LogP contribution in [0.15, 0.2) is 36.4 Å². The van der Waals surface area contributed by atoms with Gasteiger partial charge in [0.25, 0.3) is 11.6 Å². The summed E-state index contributed by atoms with van der Waals surface area (Å²) in [6, 6.07) is 8.05. The standard InChI is InChI=1S/C19H18ClN3O7S/c1-11(18(24)21-16-10-14(23(26)27)4-5-15(16)20)30-19(25)13-3-6-17-12(9-13)7-8-22(17)31(2,28)29/h3-6,9-11H,7-8H2,1-2H3,(H,21,24). The molecule has 1 atom stereocenters. The van der Waals surface area contributed by atoms with Crippen LogP contribution in [0.3, 0.4) is 0 Å². The van der Waals surface area contributed by atoms with Crippen LogP contribution in [0.25, 0.3) is 0 Å². The molecular weight excluding hydrogens is 450 g/mol. The number of hydrogen-bond acceptors (Lipinski definition) is 7. The van der Waals surface area contributed by atoms with Gasteiger partial charge in [-0.2, -0.15) is 0 Å². The van der Waals surface area contributed by atoms with E-state index in [1.54, 1.807) is 0 Å². The Morgan fingerprint density at radius 1 is 1.26 bits per heavy atom. The molecule has 0 radical (unpaired) electrons. The summed E-state index contributed by atoms with van der Waals surface area (Å²) in [5.74, 6) is -1.49. The van der Waals surface area contributed by atoms with Crippen LogP contribution in [0.2, 0.25) is 5.02 Å². The van der Waals surface area contributed by atoms with E-state index in [9.17, 15) is 28.1 Å². The van der Waals surface area contributed by atoms with Crippen LogP contribution in [0.1, 0.15) is 22.8 Å². The van der Waals surface area contributed by atoms with E-state index in [-0.39, 0.29) is 28.5 Å². The Kier molecular flexibility index (Phi) is 6.18. The van der Waals surface area contributed by atoms with E-state index in [0.717, 1.165) is 12.3 Å². The zero-order valence-electron chi connectivity index (χ0n) is 16.5. The molecule has 0 aliphatic carbocycles. The minimum absolute atomic E-state index is 0.0159. The van der Waals surface area contributed by atoms with Crippen molar-refractivity contribution in [1.82, 2.24) is 0 Å². The third kappa shape index (κ3) is 4.94. The van der Waals surface area contributed by atoms with Crippen molar-refractivity contribution in [2.24, 2.45) is 0 Å². The smallest absolute Gasteiger partial charge is 0.338 e. The lowest BCUT2D eigenvalue weighted by Gasteiger charge is -2.17. The Bertz CT molecular complexity index is 1180. The fourth-order valence-corrected chi connectivity index (χ4v) is 4.21. The molecule has 1 unspecified atom stereocenters. The number of nitrogens with zero attached hydrogens (tertiary/aromatic N) is 2. The molecule has 1 heterocycles. The Morgan fingerprint density at radius 3 is 2.61 bits per heavy atom. The summed E-state index contributed by atoms with van der Waals surface area (Å²) in [4.78, 5) is 35.1. The summed E-state index contributed by atoms with van der Waals surface area (Å²) < 4.78 is 30.1. The van der Waals surface area contributed by atoms with Crippen LogP contribution in [0.4, 0.5) is 17.1 Å². The number of hydrogen-bond donors (Lipinski definition) is 1. The highest BCUT2D eigenvalue weighted by atomic mass is 35.5. The second-order valence-electron chi connectivity index (χ2n) is 6.89. The summed E-state index contributed by atoms with van der Waals surface area (Å²) in [7, 11) is -3.41. The van der Waals surface area contributed by atoms with Gasteiger partial charge in [-0.15, -0.1) is 0 Å². The molecule has 1 N–H and O–H groups in total. The monoisotopic (exact) mass is 467 g/mol. The van der Waals surface area contributed by atoms with Crippen LogP contribution >= 0.6 is 11.6 Å².